The summed E-state index contributed by atoms with van der Waals surface area (Å²) in [7, 11) is 3.43. The van der Waals surface area contributed by atoms with Crippen LogP contribution in [0.1, 0.15) is 17.3 Å². The van der Waals surface area contributed by atoms with E-state index < -0.39 is 0 Å². The molecule has 108 valence electrons. The van der Waals surface area contributed by atoms with E-state index in [1.165, 1.54) is 0 Å². The Kier molecular flexibility index (Phi) is 4.67. The number of nitrogens with zero attached hydrogens (tertiary/aromatic N) is 2. The second kappa shape index (κ2) is 6.28. The summed E-state index contributed by atoms with van der Waals surface area (Å²) in [6, 6.07) is 7.53. The second-order valence-electron chi connectivity index (χ2n) is 4.52. The number of benzene rings is 1. The SMILES string of the molecule is COc1c(C(CO)Nc2ccc(Br)cc2)c(C)nn1C. The number of hydrogen-bond acceptors (Lipinski definition) is 4. The number of rotatable bonds is 5. The van der Waals surface area contributed by atoms with Crippen LogP contribution in [-0.4, -0.2) is 28.6 Å². The molecule has 1 heterocycles. The molecule has 0 aliphatic carbocycles. The van der Waals surface area contributed by atoms with Gasteiger partial charge in [0, 0.05) is 17.2 Å². The Balaban J connectivity index is 2.30. The van der Waals surface area contributed by atoms with E-state index in [2.05, 4.69) is 26.3 Å². The van der Waals surface area contributed by atoms with Crippen molar-refractivity contribution in [1.82, 2.24) is 9.78 Å². The van der Waals surface area contributed by atoms with Crippen LogP contribution in [0.25, 0.3) is 0 Å². The van der Waals surface area contributed by atoms with E-state index in [1.54, 1.807) is 11.8 Å². The molecule has 1 aromatic heterocycles. The molecule has 0 saturated carbocycles. The third-order valence-electron chi connectivity index (χ3n) is 3.12. The number of ether oxygens (including phenoxy) is 1. The Hall–Kier alpha value is -1.53. The lowest BCUT2D eigenvalue weighted by Crippen LogP contribution is -2.16. The van der Waals surface area contributed by atoms with E-state index in [4.69, 9.17) is 4.74 Å². The summed E-state index contributed by atoms with van der Waals surface area (Å²) < 4.78 is 8.07. The van der Waals surface area contributed by atoms with E-state index in [0.29, 0.717) is 5.88 Å². The second-order valence-corrected chi connectivity index (χ2v) is 5.43. The van der Waals surface area contributed by atoms with Crippen molar-refractivity contribution >= 4 is 21.6 Å². The Labute approximate surface area is 126 Å². The van der Waals surface area contributed by atoms with Crippen LogP contribution in [0.5, 0.6) is 5.88 Å². The lowest BCUT2D eigenvalue weighted by Gasteiger charge is -2.18. The fraction of sp³-hybridized carbons (Fsp3) is 0.357. The summed E-state index contributed by atoms with van der Waals surface area (Å²) in [5.41, 5.74) is 2.64. The third-order valence-corrected chi connectivity index (χ3v) is 3.65. The molecule has 2 rings (SSSR count). The van der Waals surface area contributed by atoms with E-state index in [1.807, 2.05) is 38.2 Å². The molecule has 0 aliphatic rings. The van der Waals surface area contributed by atoms with Crippen molar-refractivity contribution in [2.75, 3.05) is 19.0 Å². The zero-order valence-electron chi connectivity index (χ0n) is 11.7. The molecular formula is C14H18BrN3O2. The van der Waals surface area contributed by atoms with Gasteiger partial charge in [0.2, 0.25) is 5.88 Å². The minimum Gasteiger partial charge on any atom is -0.481 e. The molecule has 0 saturated heterocycles. The topological polar surface area (TPSA) is 59.3 Å². The molecular weight excluding hydrogens is 322 g/mol. The summed E-state index contributed by atoms with van der Waals surface area (Å²) in [4.78, 5) is 0. The Morgan fingerprint density at radius 1 is 1.40 bits per heavy atom. The van der Waals surface area contributed by atoms with Gasteiger partial charge in [-0.3, -0.25) is 0 Å². The number of aryl methyl sites for hydroxylation is 2. The smallest absolute Gasteiger partial charge is 0.216 e. The number of methoxy groups -OCH3 is 1. The molecule has 0 spiro atoms. The fourth-order valence-electron chi connectivity index (χ4n) is 2.25. The Morgan fingerprint density at radius 3 is 2.60 bits per heavy atom. The van der Waals surface area contributed by atoms with Crippen molar-refractivity contribution in [3.8, 4) is 5.88 Å². The molecule has 6 heteroatoms. The third kappa shape index (κ3) is 2.96. The predicted molar refractivity (Wildman–Crippen MR) is 82.1 cm³/mol. The maximum atomic E-state index is 9.68. The first-order valence-electron chi connectivity index (χ1n) is 6.27. The fourth-order valence-corrected chi connectivity index (χ4v) is 2.52. The number of aliphatic hydroxyl groups excluding tert-OH is 1. The highest BCUT2D eigenvalue weighted by Gasteiger charge is 2.22. The van der Waals surface area contributed by atoms with Crippen molar-refractivity contribution in [2.24, 2.45) is 7.05 Å². The Morgan fingerprint density at radius 2 is 2.05 bits per heavy atom. The van der Waals surface area contributed by atoms with Gasteiger partial charge in [0.25, 0.3) is 0 Å². The van der Waals surface area contributed by atoms with Gasteiger partial charge in [-0.05, 0) is 31.2 Å². The summed E-state index contributed by atoms with van der Waals surface area (Å²) in [6.45, 7) is 1.86. The summed E-state index contributed by atoms with van der Waals surface area (Å²) in [5.74, 6) is 0.658. The maximum absolute atomic E-state index is 9.68. The predicted octanol–water partition coefficient (Wildman–Crippen LogP) is 2.65. The van der Waals surface area contributed by atoms with Gasteiger partial charge < -0.3 is 15.2 Å². The highest BCUT2D eigenvalue weighted by molar-refractivity contribution is 9.10. The molecule has 5 nitrogen and oxygen atoms in total. The molecule has 0 radical (unpaired) electrons. The van der Waals surface area contributed by atoms with Crippen molar-refractivity contribution in [2.45, 2.75) is 13.0 Å². The zero-order valence-corrected chi connectivity index (χ0v) is 13.3. The first kappa shape index (κ1) is 14.9. The lowest BCUT2D eigenvalue weighted by molar-refractivity contribution is 0.271. The largest absolute Gasteiger partial charge is 0.481 e. The highest BCUT2D eigenvalue weighted by Crippen LogP contribution is 2.30. The van der Waals surface area contributed by atoms with Crippen LogP contribution in [0.3, 0.4) is 0 Å². The van der Waals surface area contributed by atoms with Gasteiger partial charge in [0.15, 0.2) is 0 Å². The molecule has 2 aromatic rings. The average molecular weight is 340 g/mol. The molecule has 1 atom stereocenters. The van der Waals surface area contributed by atoms with Gasteiger partial charge in [-0.25, -0.2) is 4.68 Å². The molecule has 1 aromatic carbocycles. The number of halogens is 1. The maximum Gasteiger partial charge on any atom is 0.216 e. The lowest BCUT2D eigenvalue weighted by atomic mass is 10.1. The number of aromatic nitrogens is 2. The summed E-state index contributed by atoms with van der Waals surface area (Å²) in [5, 5.41) is 17.3. The minimum absolute atomic E-state index is 0.0427. The van der Waals surface area contributed by atoms with Crippen molar-refractivity contribution < 1.29 is 9.84 Å². The average Bonchev–Trinajstić information content (AvgIpc) is 2.72. The first-order valence-corrected chi connectivity index (χ1v) is 7.06. The van der Waals surface area contributed by atoms with Gasteiger partial charge in [-0.1, -0.05) is 15.9 Å². The van der Waals surface area contributed by atoms with E-state index >= 15 is 0 Å². The minimum atomic E-state index is -0.264. The highest BCUT2D eigenvalue weighted by atomic mass is 79.9. The molecule has 0 bridgehead atoms. The first-order chi connectivity index (χ1) is 9.56. The number of nitrogens with one attached hydrogen (secondary N) is 1. The van der Waals surface area contributed by atoms with E-state index in [0.717, 1.165) is 21.4 Å². The van der Waals surface area contributed by atoms with E-state index in [9.17, 15) is 5.11 Å². The van der Waals surface area contributed by atoms with Crippen molar-refractivity contribution in [1.29, 1.82) is 0 Å². The Bertz CT molecular complexity index is 581. The van der Waals surface area contributed by atoms with Crippen molar-refractivity contribution in [3.05, 3.63) is 40.0 Å². The molecule has 20 heavy (non-hydrogen) atoms. The molecule has 0 aliphatic heterocycles. The van der Waals surface area contributed by atoms with Crippen molar-refractivity contribution in [3.63, 3.8) is 0 Å². The summed E-state index contributed by atoms with van der Waals surface area (Å²) >= 11 is 3.40. The van der Waals surface area contributed by atoms with Gasteiger partial charge in [-0.2, -0.15) is 5.10 Å². The van der Waals surface area contributed by atoms with Crippen LogP contribution in [0.4, 0.5) is 5.69 Å². The van der Waals surface area contributed by atoms with Gasteiger partial charge in [0.05, 0.1) is 31.0 Å². The number of aliphatic hydroxyl groups is 1. The van der Waals surface area contributed by atoms with E-state index in [-0.39, 0.29) is 12.6 Å². The van der Waals surface area contributed by atoms with Gasteiger partial charge >= 0.3 is 0 Å². The van der Waals surface area contributed by atoms with Gasteiger partial charge in [-0.15, -0.1) is 0 Å². The number of hydrogen-bond donors (Lipinski definition) is 2. The zero-order chi connectivity index (χ0) is 14.7. The van der Waals surface area contributed by atoms with Crippen LogP contribution >= 0.6 is 15.9 Å². The summed E-state index contributed by atoms with van der Waals surface area (Å²) in [6.07, 6.45) is 0. The normalized spacial score (nSPS) is 12.2. The van der Waals surface area contributed by atoms with Crippen LogP contribution in [0.2, 0.25) is 0 Å². The number of anilines is 1. The van der Waals surface area contributed by atoms with Crippen LogP contribution < -0.4 is 10.1 Å². The molecule has 2 N–H and O–H groups in total. The van der Waals surface area contributed by atoms with Crippen LogP contribution in [-0.2, 0) is 7.05 Å². The monoisotopic (exact) mass is 339 g/mol. The van der Waals surface area contributed by atoms with Crippen LogP contribution in [0, 0.1) is 6.92 Å². The molecule has 0 fully saturated rings. The molecule has 0 amide bonds. The quantitative estimate of drug-likeness (QED) is 0.879. The van der Waals surface area contributed by atoms with Crippen LogP contribution in [0.15, 0.2) is 28.7 Å². The molecule has 1 unspecified atom stereocenters. The standard InChI is InChI=1S/C14H18BrN3O2/c1-9-13(14(20-3)18(2)17-9)12(8-19)16-11-6-4-10(15)5-7-11/h4-7,12,16,19H,8H2,1-3H3. The van der Waals surface area contributed by atoms with Gasteiger partial charge in [0.1, 0.15) is 0 Å².